The number of nitriles is 1. The van der Waals surface area contributed by atoms with Gasteiger partial charge in [0.05, 0.1) is 23.9 Å². The first-order valence-electron chi connectivity index (χ1n) is 13.1. The van der Waals surface area contributed by atoms with Crippen LogP contribution in [0.5, 0.6) is 0 Å². The average Bonchev–Trinajstić information content (AvgIpc) is 3.47. The van der Waals surface area contributed by atoms with Crippen LogP contribution in [-0.4, -0.2) is 43.7 Å². The minimum absolute atomic E-state index is 0.0632. The molecule has 0 bridgehead atoms. The van der Waals surface area contributed by atoms with Crippen molar-refractivity contribution >= 4 is 29.3 Å². The highest BCUT2D eigenvalue weighted by Crippen LogP contribution is 2.38. The summed E-state index contributed by atoms with van der Waals surface area (Å²) in [5.74, 6) is -0.480. The minimum atomic E-state index is -0.494. The van der Waals surface area contributed by atoms with Crippen LogP contribution in [0.4, 0.5) is 5.69 Å². The predicted octanol–water partition coefficient (Wildman–Crippen LogP) is 5.38. The number of rotatable bonds is 10. The molecule has 0 radical (unpaired) electrons. The molecule has 0 fully saturated rings. The number of hydrogen-bond donors (Lipinski definition) is 1. The zero-order chi connectivity index (χ0) is 29.3. The van der Waals surface area contributed by atoms with Crippen LogP contribution in [0.1, 0.15) is 28.5 Å². The van der Waals surface area contributed by atoms with Gasteiger partial charge in [-0.25, -0.2) is 9.48 Å². The Bertz CT molecular complexity index is 1750. The molecule has 11 heteroatoms. The lowest BCUT2D eigenvalue weighted by Crippen LogP contribution is -2.19. The molecule has 0 spiro atoms. The third-order valence-corrected chi connectivity index (χ3v) is 7.05. The van der Waals surface area contributed by atoms with Gasteiger partial charge in [0.15, 0.2) is 0 Å². The van der Waals surface area contributed by atoms with E-state index >= 15 is 0 Å². The van der Waals surface area contributed by atoms with Crippen molar-refractivity contribution < 1.29 is 14.3 Å². The van der Waals surface area contributed by atoms with E-state index in [0.29, 0.717) is 44.5 Å². The van der Waals surface area contributed by atoms with E-state index in [1.807, 2.05) is 66.7 Å². The second-order valence-electron chi connectivity index (χ2n) is 8.99. The third-order valence-electron chi connectivity index (χ3n) is 6.05. The molecule has 5 rings (SSSR count). The molecule has 0 aliphatic carbocycles. The van der Waals surface area contributed by atoms with E-state index in [1.165, 1.54) is 16.4 Å². The third kappa shape index (κ3) is 6.68. The van der Waals surface area contributed by atoms with Gasteiger partial charge in [0.25, 0.3) is 0 Å². The Morgan fingerprint density at radius 1 is 0.952 bits per heavy atom. The Hall–Kier alpha value is -5.34. The van der Waals surface area contributed by atoms with Crippen LogP contribution < -0.4 is 5.32 Å². The fourth-order valence-electron chi connectivity index (χ4n) is 4.24. The van der Waals surface area contributed by atoms with Gasteiger partial charge in [-0.3, -0.25) is 4.79 Å². The van der Waals surface area contributed by atoms with Crippen molar-refractivity contribution in [3.8, 4) is 28.5 Å². The maximum Gasteiger partial charge on any atom is 0.341 e. The number of nitrogens with one attached hydrogen (secondary N) is 1. The van der Waals surface area contributed by atoms with E-state index in [9.17, 15) is 9.59 Å². The Labute approximate surface area is 246 Å². The first-order chi connectivity index (χ1) is 20.6. The lowest BCUT2D eigenvalue weighted by atomic mass is 9.96. The Morgan fingerprint density at radius 2 is 1.69 bits per heavy atom. The first kappa shape index (κ1) is 28.2. The molecule has 5 aromatic rings. The molecule has 0 saturated carbocycles. The molecule has 0 atom stereocenters. The van der Waals surface area contributed by atoms with Gasteiger partial charge in [0, 0.05) is 28.8 Å². The number of ether oxygens (including phenoxy) is 1. The fourth-order valence-corrected chi connectivity index (χ4v) is 5.08. The summed E-state index contributed by atoms with van der Waals surface area (Å²) in [6.45, 7) is 1.90. The summed E-state index contributed by atoms with van der Waals surface area (Å²) in [6.07, 6.45) is 1.66. The predicted molar refractivity (Wildman–Crippen MR) is 158 cm³/mol. The van der Waals surface area contributed by atoms with E-state index in [0.717, 1.165) is 11.1 Å². The van der Waals surface area contributed by atoms with Crippen LogP contribution in [-0.2, 0) is 21.8 Å². The molecule has 2 aromatic heterocycles. The van der Waals surface area contributed by atoms with Crippen LogP contribution in [0.3, 0.4) is 0 Å². The molecule has 0 unspecified atom stereocenters. The molecular formula is C31H25N7O3S. The van der Waals surface area contributed by atoms with Crippen molar-refractivity contribution in [3.63, 3.8) is 0 Å². The quantitative estimate of drug-likeness (QED) is 0.172. The highest BCUT2D eigenvalue weighted by molar-refractivity contribution is 7.98. The van der Waals surface area contributed by atoms with Crippen molar-refractivity contribution in [1.29, 1.82) is 5.26 Å². The van der Waals surface area contributed by atoms with Crippen LogP contribution in [0, 0.1) is 11.3 Å². The molecule has 0 aliphatic heterocycles. The molecule has 10 nitrogen and oxygen atoms in total. The zero-order valence-electron chi connectivity index (χ0n) is 22.6. The highest BCUT2D eigenvalue weighted by atomic mass is 32.2. The largest absolute Gasteiger partial charge is 0.462 e. The lowest BCUT2D eigenvalue weighted by Gasteiger charge is -2.16. The standard InChI is InChI=1S/C31H25N7O3S/c1-2-41-31(40)28-27(22-11-5-3-6-12-22)29(23-13-7-4-8-14-23)35-36-30(28)42-20-25-18-38(37-34-25)19-26(39)33-24-15-9-10-21(16-24)17-32/h3-16,18H,2,19-20H2,1H3,(H,33,39). The molecule has 3 aromatic carbocycles. The van der Waals surface area contributed by atoms with E-state index in [1.54, 1.807) is 37.4 Å². The fraction of sp³-hybridized carbons (Fsp3) is 0.129. The number of benzene rings is 3. The van der Waals surface area contributed by atoms with Crippen molar-refractivity contribution in [3.05, 3.63) is 108 Å². The van der Waals surface area contributed by atoms with Crippen LogP contribution in [0.25, 0.3) is 22.4 Å². The van der Waals surface area contributed by atoms with E-state index < -0.39 is 5.97 Å². The Kier molecular flexibility index (Phi) is 8.96. The summed E-state index contributed by atoms with van der Waals surface area (Å²) in [5, 5.41) is 29.4. The van der Waals surface area contributed by atoms with Crippen LogP contribution >= 0.6 is 11.8 Å². The number of esters is 1. The first-order valence-corrected chi connectivity index (χ1v) is 14.0. The summed E-state index contributed by atoms with van der Waals surface area (Å²) in [4.78, 5) is 25.9. The molecule has 1 N–H and O–H groups in total. The van der Waals surface area contributed by atoms with E-state index in [4.69, 9.17) is 10.00 Å². The molecule has 0 saturated heterocycles. The molecule has 42 heavy (non-hydrogen) atoms. The van der Waals surface area contributed by atoms with Gasteiger partial charge < -0.3 is 10.1 Å². The molecule has 0 aliphatic rings. The summed E-state index contributed by atoms with van der Waals surface area (Å²) in [5.41, 5.74) is 4.74. The van der Waals surface area contributed by atoms with Gasteiger partial charge >= 0.3 is 5.97 Å². The number of nitrogens with zero attached hydrogens (tertiary/aromatic N) is 6. The van der Waals surface area contributed by atoms with E-state index in [2.05, 4.69) is 25.8 Å². The van der Waals surface area contributed by atoms with Crippen molar-refractivity contribution in [2.24, 2.45) is 0 Å². The number of carbonyl (C=O) groups is 2. The molecule has 208 valence electrons. The number of amides is 1. The molecule has 2 heterocycles. The topological polar surface area (TPSA) is 136 Å². The maximum atomic E-state index is 13.4. The number of carbonyl (C=O) groups excluding carboxylic acids is 2. The zero-order valence-corrected chi connectivity index (χ0v) is 23.4. The van der Waals surface area contributed by atoms with Crippen LogP contribution in [0.2, 0.25) is 0 Å². The molecule has 1 amide bonds. The van der Waals surface area contributed by atoms with Gasteiger partial charge in [0.1, 0.15) is 22.8 Å². The summed E-state index contributed by atoms with van der Waals surface area (Å²) in [6, 6.07) is 27.8. The van der Waals surface area contributed by atoms with Gasteiger partial charge in [-0.1, -0.05) is 83.7 Å². The Morgan fingerprint density at radius 3 is 2.40 bits per heavy atom. The van der Waals surface area contributed by atoms with Crippen molar-refractivity contribution in [1.82, 2.24) is 25.2 Å². The SMILES string of the molecule is CCOC(=O)c1c(SCc2cn(CC(=O)Nc3cccc(C#N)c3)nn2)nnc(-c2ccccc2)c1-c1ccccc1. The van der Waals surface area contributed by atoms with Gasteiger partial charge in [-0.15, -0.1) is 15.3 Å². The van der Waals surface area contributed by atoms with Crippen molar-refractivity contribution in [2.75, 3.05) is 11.9 Å². The lowest BCUT2D eigenvalue weighted by molar-refractivity contribution is -0.116. The number of hydrogen-bond acceptors (Lipinski definition) is 9. The van der Waals surface area contributed by atoms with Gasteiger partial charge in [-0.05, 0) is 30.7 Å². The molecular weight excluding hydrogens is 550 g/mol. The van der Waals surface area contributed by atoms with E-state index in [-0.39, 0.29) is 19.1 Å². The van der Waals surface area contributed by atoms with Crippen LogP contribution in [0.15, 0.2) is 96.2 Å². The second-order valence-corrected chi connectivity index (χ2v) is 9.96. The normalized spacial score (nSPS) is 10.6. The average molecular weight is 576 g/mol. The summed E-state index contributed by atoms with van der Waals surface area (Å²) in [7, 11) is 0. The maximum absolute atomic E-state index is 13.4. The van der Waals surface area contributed by atoms with Gasteiger partial charge in [-0.2, -0.15) is 5.26 Å². The number of aromatic nitrogens is 5. The second kappa shape index (κ2) is 13.3. The number of thioether (sulfide) groups is 1. The van der Waals surface area contributed by atoms with Gasteiger partial charge in [0.2, 0.25) is 5.91 Å². The Balaban J connectivity index is 1.39. The smallest absolute Gasteiger partial charge is 0.341 e. The number of anilines is 1. The highest BCUT2D eigenvalue weighted by Gasteiger charge is 2.26. The summed E-state index contributed by atoms with van der Waals surface area (Å²) >= 11 is 1.28. The van der Waals surface area contributed by atoms with Crippen molar-refractivity contribution in [2.45, 2.75) is 24.2 Å². The summed E-state index contributed by atoms with van der Waals surface area (Å²) < 4.78 is 6.89. The monoisotopic (exact) mass is 575 g/mol. The minimum Gasteiger partial charge on any atom is -0.462 e.